The van der Waals surface area contributed by atoms with Gasteiger partial charge in [-0.05, 0) is 32.4 Å². The zero-order valence-corrected chi connectivity index (χ0v) is 12.5. The fourth-order valence-corrected chi connectivity index (χ4v) is 4.36. The predicted molar refractivity (Wildman–Crippen MR) is 77.5 cm³/mol. The van der Waals surface area contributed by atoms with Crippen molar-refractivity contribution in [3.8, 4) is 0 Å². The molecule has 1 fully saturated rings. The van der Waals surface area contributed by atoms with E-state index in [2.05, 4.69) is 15.6 Å². The van der Waals surface area contributed by atoms with Gasteiger partial charge in [-0.1, -0.05) is 0 Å². The lowest BCUT2D eigenvalue weighted by Crippen LogP contribution is -2.46. The van der Waals surface area contributed by atoms with Crippen LogP contribution in [0.3, 0.4) is 0 Å². The summed E-state index contributed by atoms with van der Waals surface area (Å²) < 4.78 is 23.0. The summed E-state index contributed by atoms with van der Waals surface area (Å²) in [7, 11) is -3.04. The van der Waals surface area contributed by atoms with Crippen LogP contribution in [0.15, 0.2) is 18.3 Å². The van der Waals surface area contributed by atoms with Gasteiger partial charge in [0, 0.05) is 12.7 Å². The van der Waals surface area contributed by atoms with Crippen LogP contribution >= 0.6 is 0 Å². The van der Waals surface area contributed by atoms with Crippen molar-refractivity contribution in [2.24, 2.45) is 0 Å². The number of pyridine rings is 1. The van der Waals surface area contributed by atoms with E-state index in [1.807, 2.05) is 6.92 Å². The van der Waals surface area contributed by atoms with Crippen molar-refractivity contribution >= 4 is 21.6 Å². The molecule has 0 bridgehead atoms. The highest BCUT2D eigenvalue weighted by molar-refractivity contribution is 7.91. The minimum atomic E-state index is -3.04. The van der Waals surface area contributed by atoms with Crippen LogP contribution in [0.25, 0.3) is 0 Å². The van der Waals surface area contributed by atoms with E-state index in [1.165, 1.54) is 6.20 Å². The van der Waals surface area contributed by atoms with E-state index in [0.717, 1.165) is 6.54 Å². The Morgan fingerprint density at radius 3 is 2.70 bits per heavy atom. The number of hydrogen-bond acceptors (Lipinski definition) is 5. The SMILES string of the molecule is CCNc1ccc(C(=O)NC2(C)CCS(=O)(=O)C2)cn1. The first-order valence-electron chi connectivity index (χ1n) is 6.56. The number of rotatable bonds is 4. The van der Waals surface area contributed by atoms with Gasteiger partial charge in [-0.25, -0.2) is 13.4 Å². The molecule has 1 aliphatic heterocycles. The molecule has 1 saturated heterocycles. The summed E-state index contributed by atoms with van der Waals surface area (Å²) >= 11 is 0. The second-order valence-electron chi connectivity index (χ2n) is 5.32. The van der Waals surface area contributed by atoms with Gasteiger partial charge in [-0.15, -0.1) is 0 Å². The first-order valence-corrected chi connectivity index (χ1v) is 8.39. The Labute approximate surface area is 118 Å². The molecule has 0 aromatic carbocycles. The molecule has 20 heavy (non-hydrogen) atoms. The Morgan fingerprint density at radius 2 is 2.20 bits per heavy atom. The molecule has 7 heteroatoms. The molecular weight excluding hydrogens is 278 g/mol. The van der Waals surface area contributed by atoms with Crippen molar-refractivity contribution in [2.45, 2.75) is 25.8 Å². The Hall–Kier alpha value is -1.63. The van der Waals surface area contributed by atoms with Crippen LogP contribution in [-0.4, -0.2) is 42.9 Å². The van der Waals surface area contributed by atoms with Gasteiger partial charge >= 0.3 is 0 Å². The van der Waals surface area contributed by atoms with E-state index in [9.17, 15) is 13.2 Å². The van der Waals surface area contributed by atoms with Gasteiger partial charge in [0.05, 0.1) is 22.6 Å². The predicted octanol–water partition coefficient (Wildman–Crippen LogP) is 0.820. The fourth-order valence-electron chi connectivity index (χ4n) is 2.27. The van der Waals surface area contributed by atoms with Crippen LogP contribution in [0.5, 0.6) is 0 Å². The molecule has 0 aliphatic carbocycles. The summed E-state index contributed by atoms with van der Waals surface area (Å²) in [5, 5.41) is 5.84. The lowest BCUT2D eigenvalue weighted by atomic mass is 10.0. The lowest BCUT2D eigenvalue weighted by molar-refractivity contribution is 0.0915. The quantitative estimate of drug-likeness (QED) is 0.859. The molecule has 1 atom stereocenters. The minimum Gasteiger partial charge on any atom is -0.370 e. The maximum atomic E-state index is 12.1. The van der Waals surface area contributed by atoms with Crippen molar-refractivity contribution in [3.63, 3.8) is 0 Å². The van der Waals surface area contributed by atoms with Gasteiger partial charge in [0.1, 0.15) is 5.82 Å². The van der Waals surface area contributed by atoms with Gasteiger partial charge in [0.2, 0.25) is 0 Å². The maximum Gasteiger partial charge on any atom is 0.253 e. The molecule has 1 aromatic rings. The second-order valence-corrected chi connectivity index (χ2v) is 7.50. The summed E-state index contributed by atoms with van der Waals surface area (Å²) in [5.41, 5.74) is -0.256. The molecule has 1 unspecified atom stereocenters. The number of nitrogens with one attached hydrogen (secondary N) is 2. The highest BCUT2D eigenvalue weighted by Gasteiger charge is 2.39. The fraction of sp³-hybridized carbons (Fsp3) is 0.538. The van der Waals surface area contributed by atoms with Crippen molar-refractivity contribution in [1.29, 1.82) is 0 Å². The first-order chi connectivity index (χ1) is 9.34. The number of carbonyl (C=O) groups excluding carboxylic acids is 1. The second kappa shape index (κ2) is 5.40. The summed E-state index contributed by atoms with van der Waals surface area (Å²) in [6.07, 6.45) is 1.93. The van der Waals surface area contributed by atoms with Gasteiger partial charge < -0.3 is 10.6 Å². The van der Waals surface area contributed by atoms with E-state index in [4.69, 9.17) is 0 Å². The Balaban J connectivity index is 2.05. The van der Waals surface area contributed by atoms with Gasteiger partial charge in [0.25, 0.3) is 5.91 Å². The van der Waals surface area contributed by atoms with E-state index in [-0.39, 0.29) is 17.4 Å². The molecule has 1 aromatic heterocycles. The average Bonchev–Trinajstić information content (AvgIpc) is 2.64. The molecule has 6 nitrogen and oxygen atoms in total. The van der Waals surface area contributed by atoms with Crippen LogP contribution < -0.4 is 10.6 Å². The Kier molecular flexibility index (Phi) is 3.99. The number of anilines is 1. The number of nitrogens with zero attached hydrogens (tertiary/aromatic N) is 1. The van der Waals surface area contributed by atoms with Crippen LogP contribution in [0.4, 0.5) is 5.82 Å². The molecule has 0 spiro atoms. The number of hydrogen-bond donors (Lipinski definition) is 2. The number of sulfone groups is 1. The Bertz CT molecular complexity index is 598. The van der Waals surface area contributed by atoms with Gasteiger partial charge in [-0.2, -0.15) is 0 Å². The van der Waals surface area contributed by atoms with Crippen LogP contribution in [-0.2, 0) is 9.84 Å². The van der Waals surface area contributed by atoms with Crippen molar-refractivity contribution < 1.29 is 13.2 Å². The molecule has 1 amide bonds. The molecule has 2 N–H and O–H groups in total. The van der Waals surface area contributed by atoms with Crippen molar-refractivity contribution in [2.75, 3.05) is 23.4 Å². The van der Waals surface area contributed by atoms with Crippen molar-refractivity contribution in [3.05, 3.63) is 23.9 Å². The standard InChI is InChI=1S/C13H19N3O3S/c1-3-14-11-5-4-10(8-15-11)12(17)16-13(2)6-7-20(18,19)9-13/h4-5,8H,3,6-7,9H2,1-2H3,(H,14,15)(H,16,17). The summed E-state index contributed by atoms with van der Waals surface area (Å²) in [5.74, 6) is 0.537. The Morgan fingerprint density at radius 1 is 1.45 bits per heavy atom. The third kappa shape index (κ3) is 3.47. The van der Waals surface area contributed by atoms with Gasteiger partial charge in [-0.3, -0.25) is 4.79 Å². The number of amides is 1. The third-order valence-corrected chi connectivity index (χ3v) is 5.21. The van der Waals surface area contributed by atoms with Crippen molar-refractivity contribution in [1.82, 2.24) is 10.3 Å². The molecule has 1 aliphatic rings. The molecule has 2 rings (SSSR count). The first kappa shape index (κ1) is 14.8. The molecule has 110 valence electrons. The number of carbonyl (C=O) groups is 1. The smallest absolute Gasteiger partial charge is 0.253 e. The zero-order chi connectivity index (χ0) is 14.8. The minimum absolute atomic E-state index is 0.00532. The normalized spacial score (nSPS) is 24.3. The summed E-state index contributed by atoms with van der Waals surface area (Å²) in [6, 6.07) is 3.40. The monoisotopic (exact) mass is 297 g/mol. The molecule has 0 radical (unpaired) electrons. The molecular formula is C13H19N3O3S. The van der Waals surface area contributed by atoms with Crippen LogP contribution in [0.2, 0.25) is 0 Å². The highest BCUT2D eigenvalue weighted by atomic mass is 32.2. The summed E-state index contributed by atoms with van der Waals surface area (Å²) in [4.78, 5) is 16.2. The topological polar surface area (TPSA) is 88.2 Å². The van der Waals surface area contributed by atoms with Crippen LogP contribution in [0, 0.1) is 0 Å². The van der Waals surface area contributed by atoms with Gasteiger partial charge in [0.15, 0.2) is 9.84 Å². The molecule has 2 heterocycles. The third-order valence-electron chi connectivity index (χ3n) is 3.30. The van der Waals surface area contributed by atoms with E-state index in [0.29, 0.717) is 17.8 Å². The highest BCUT2D eigenvalue weighted by Crippen LogP contribution is 2.23. The lowest BCUT2D eigenvalue weighted by Gasteiger charge is -2.23. The zero-order valence-electron chi connectivity index (χ0n) is 11.6. The van der Waals surface area contributed by atoms with E-state index in [1.54, 1.807) is 19.1 Å². The van der Waals surface area contributed by atoms with E-state index < -0.39 is 15.4 Å². The maximum absolute atomic E-state index is 12.1. The largest absolute Gasteiger partial charge is 0.370 e. The molecule has 0 saturated carbocycles. The number of aromatic nitrogens is 1. The average molecular weight is 297 g/mol. The van der Waals surface area contributed by atoms with E-state index >= 15 is 0 Å². The van der Waals surface area contributed by atoms with Crippen LogP contribution in [0.1, 0.15) is 30.6 Å². The summed E-state index contributed by atoms with van der Waals surface area (Å²) in [6.45, 7) is 4.48.